The summed E-state index contributed by atoms with van der Waals surface area (Å²) in [5.74, 6) is -0.277. The molecule has 28 heavy (non-hydrogen) atoms. The Labute approximate surface area is 164 Å². The number of hydrogen-bond donors (Lipinski definition) is 3. The number of amides is 2. The topological polar surface area (TPSA) is 70.2 Å². The van der Waals surface area contributed by atoms with E-state index in [-0.39, 0.29) is 11.8 Å². The first-order chi connectivity index (χ1) is 13.5. The van der Waals surface area contributed by atoms with E-state index in [1.54, 1.807) is 12.1 Å². The van der Waals surface area contributed by atoms with Crippen LogP contribution < -0.4 is 16.0 Å². The van der Waals surface area contributed by atoms with Crippen LogP contribution in [0.5, 0.6) is 0 Å². The van der Waals surface area contributed by atoms with E-state index in [0.29, 0.717) is 5.69 Å². The van der Waals surface area contributed by atoms with Crippen molar-refractivity contribution in [2.45, 2.75) is 19.9 Å². The molecule has 0 spiro atoms. The molecule has 0 aromatic heterocycles. The molecule has 5 nitrogen and oxygen atoms in total. The van der Waals surface area contributed by atoms with Crippen LogP contribution in [0.15, 0.2) is 78.9 Å². The molecule has 3 N–H and O–H groups in total. The van der Waals surface area contributed by atoms with Gasteiger partial charge >= 0.3 is 0 Å². The quantitative estimate of drug-likeness (QED) is 0.584. The molecule has 0 heterocycles. The average Bonchev–Trinajstić information content (AvgIpc) is 2.69. The third-order valence-electron chi connectivity index (χ3n) is 4.23. The zero-order valence-corrected chi connectivity index (χ0v) is 15.9. The molecule has 0 radical (unpaired) electrons. The van der Waals surface area contributed by atoms with E-state index in [1.807, 2.05) is 73.7 Å². The van der Waals surface area contributed by atoms with Crippen LogP contribution in [-0.4, -0.2) is 11.8 Å². The molecule has 1 atom stereocenters. The largest absolute Gasteiger partial charge is 0.370 e. The lowest BCUT2D eigenvalue weighted by Gasteiger charge is -2.20. The number of benzene rings is 3. The van der Waals surface area contributed by atoms with Gasteiger partial charge in [0, 0.05) is 24.0 Å². The summed E-state index contributed by atoms with van der Waals surface area (Å²) in [6.07, 6.45) is 0. The van der Waals surface area contributed by atoms with Crippen molar-refractivity contribution in [1.82, 2.24) is 0 Å². The van der Waals surface area contributed by atoms with Gasteiger partial charge in [0.1, 0.15) is 6.04 Å². The van der Waals surface area contributed by atoms with Crippen molar-refractivity contribution in [3.63, 3.8) is 0 Å². The lowest BCUT2D eigenvalue weighted by atomic mass is 10.1. The molecule has 0 saturated heterocycles. The molecule has 0 bridgehead atoms. The van der Waals surface area contributed by atoms with Crippen molar-refractivity contribution in [1.29, 1.82) is 0 Å². The molecule has 0 saturated carbocycles. The smallest absolute Gasteiger partial charge is 0.251 e. The highest BCUT2D eigenvalue weighted by atomic mass is 16.2. The Morgan fingerprint density at radius 1 is 0.714 bits per heavy atom. The molecule has 3 aromatic rings. The minimum atomic E-state index is -0.561. The van der Waals surface area contributed by atoms with Gasteiger partial charge in [-0.15, -0.1) is 0 Å². The first-order valence-electron chi connectivity index (χ1n) is 9.08. The summed E-state index contributed by atoms with van der Waals surface area (Å²) < 4.78 is 0. The van der Waals surface area contributed by atoms with E-state index in [2.05, 4.69) is 16.0 Å². The highest BCUT2D eigenvalue weighted by Crippen LogP contribution is 2.23. The fourth-order valence-corrected chi connectivity index (χ4v) is 2.82. The third-order valence-corrected chi connectivity index (χ3v) is 4.23. The lowest BCUT2D eigenvalue weighted by Crippen LogP contribution is -2.27. The van der Waals surface area contributed by atoms with Gasteiger partial charge in [-0.1, -0.05) is 48.0 Å². The molecule has 1 unspecified atom stereocenters. The molecule has 5 heteroatoms. The summed E-state index contributed by atoms with van der Waals surface area (Å²) in [6.45, 7) is 3.47. The maximum Gasteiger partial charge on any atom is 0.251 e. The van der Waals surface area contributed by atoms with Crippen molar-refractivity contribution in [2.24, 2.45) is 0 Å². The van der Waals surface area contributed by atoms with Crippen molar-refractivity contribution in [3.05, 3.63) is 90.0 Å². The molecule has 0 fully saturated rings. The lowest BCUT2D eigenvalue weighted by molar-refractivity contribution is -0.117. The minimum absolute atomic E-state index is 0.125. The van der Waals surface area contributed by atoms with Crippen molar-refractivity contribution < 1.29 is 9.59 Å². The first-order valence-corrected chi connectivity index (χ1v) is 9.08. The summed E-state index contributed by atoms with van der Waals surface area (Å²) in [5.41, 5.74) is 4.23. The Balaban J connectivity index is 1.80. The molecule has 0 aliphatic rings. The molecule has 3 rings (SSSR count). The van der Waals surface area contributed by atoms with Gasteiger partial charge in [-0.05, 0) is 48.9 Å². The predicted octanol–water partition coefficient (Wildman–Crippen LogP) is 4.75. The van der Waals surface area contributed by atoms with Gasteiger partial charge in [-0.3, -0.25) is 9.59 Å². The van der Waals surface area contributed by atoms with Crippen LogP contribution in [0.4, 0.5) is 17.1 Å². The van der Waals surface area contributed by atoms with E-state index < -0.39 is 6.04 Å². The standard InChI is InChI=1S/C23H23N3O2/c1-16-8-10-21(11-9-16)26-23(28)22(18-6-4-3-5-7-18)25-20-14-12-19(13-15-20)24-17(2)27/h3-15,22,25H,1-2H3,(H,24,27)(H,26,28). The number of anilines is 3. The third kappa shape index (κ3) is 5.20. The van der Waals surface area contributed by atoms with Gasteiger partial charge < -0.3 is 16.0 Å². The van der Waals surface area contributed by atoms with Crippen LogP contribution in [0, 0.1) is 6.92 Å². The van der Waals surface area contributed by atoms with E-state index in [0.717, 1.165) is 22.5 Å². The van der Waals surface area contributed by atoms with Crippen molar-refractivity contribution in [2.75, 3.05) is 16.0 Å². The maximum absolute atomic E-state index is 13.0. The van der Waals surface area contributed by atoms with Gasteiger partial charge in [0.25, 0.3) is 5.91 Å². The van der Waals surface area contributed by atoms with Gasteiger partial charge in [0.15, 0.2) is 0 Å². The highest BCUT2D eigenvalue weighted by molar-refractivity contribution is 5.97. The van der Waals surface area contributed by atoms with Gasteiger partial charge in [-0.25, -0.2) is 0 Å². The van der Waals surface area contributed by atoms with Crippen LogP contribution in [-0.2, 0) is 9.59 Å². The zero-order chi connectivity index (χ0) is 19.9. The normalized spacial score (nSPS) is 11.4. The molecular formula is C23H23N3O2. The fraction of sp³-hybridized carbons (Fsp3) is 0.130. The van der Waals surface area contributed by atoms with Crippen molar-refractivity contribution in [3.8, 4) is 0 Å². The van der Waals surface area contributed by atoms with Crippen LogP contribution >= 0.6 is 0 Å². The summed E-state index contributed by atoms with van der Waals surface area (Å²) in [6, 6.07) is 23.9. The zero-order valence-electron chi connectivity index (χ0n) is 15.9. The van der Waals surface area contributed by atoms with Crippen LogP contribution in [0.1, 0.15) is 24.1 Å². The maximum atomic E-state index is 13.0. The van der Waals surface area contributed by atoms with E-state index in [1.165, 1.54) is 6.92 Å². The summed E-state index contributed by atoms with van der Waals surface area (Å²) in [5, 5.41) is 8.98. The van der Waals surface area contributed by atoms with E-state index >= 15 is 0 Å². The Morgan fingerprint density at radius 2 is 1.25 bits per heavy atom. The number of rotatable bonds is 6. The Bertz CT molecular complexity index is 936. The molecule has 3 aromatic carbocycles. The second-order valence-electron chi connectivity index (χ2n) is 6.60. The van der Waals surface area contributed by atoms with Crippen LogP contribution in [0.2, 0.25) is 0 Å². The summed E-state index contributed by atoms with van der Waals surface area (Å²) in [7, 11) is 0. The average molecular weight is 373 g/mol. The SMILES string of the molecule is CC(=O)Nc1ccc(NC(C(=O)Nc2ccc(C)cc2)c2ccccc2)cc1. The predicted molar refractivity (Wildman–Crippen MR) is 113 cm³/mol. The van der Waals surface area contributed by atoms with Gasteiger partial charge in [0.05, 0.1) is 0 Å². The minimum Gasteiger partial charge on any atom is -0.370 e. The monoisotopic (exact) mass is 373 g/mol. The second-order valence-corrected chi connectivity index (χ2v) is 6.60. The highest BCUT2D eigenvalue weighted by Gasteiger charge is 2.20. The number of hydrogen-bond acceptors (Lipinski definition) is 3. The Hall–Kier alpha value is -3.60. The Morgan fingerprint density at radius 3 is 1.86 bits per heavy atom. The molecule has 142 valence electrons. The molecule has 0 aliphatic heterocycles. The van der Waals surface area contributed by atoms with Gasteiger partial charge in [-0.2, -0.15) is 0 Å². The van der Waals surface area contributed by atoms with Gasteiger partial charge in [0.2, 0.25) is 5.91 Å². The molecule has 2 amide bonds. The summed E-state index contributed by atoms with van der Waals surface area (Å²) in [4.78, 5) is 24.1. The second kappa shape index (κ2) is 8.86. The fourth-order valence-electron chi connectivity index (χ4n) is 2.82. The summed E-state index contributed by atoms with van der Waals surface area (Å²) >= 11 is 0. The number of carbonyl (C=O) groups is 2. The van der Waals surface area contributed by atoms with E-state index in [4.69, 9.17) is 0 Å². The van der Waals surface area contributed by atoms with Crippen LogP contribution in [0.25, 0.3) is 0 Å². The van der Waals surface area contributed by atoms with Crippen molar-refractivity contribution >= 4 is 28.9 Å². The first kappa shape index (κ1) is 19.2. The number of nitrogens with one attached hydrogen (secondary N) is 3. The van der Waals surface area contributed by atoms with E-state index in [9.17, 15) is 9.59 Å². The Kier molecular flexibility index (Phi) is 6.07. The number of aryl methyl sites for hydroxylation is 1. The molecule has 0 aliphatic carbocycles. The molecular weight excluding hydrogens is 350 g/mol. The number of carbonyl (C=O) groups excluding carboxylic acids is 2. The van der Waals surface area contributed by atoms with Crippen LogP contribution in [0.3, 0.4) is 0 Å².